The molecule has 5 heteroatoms. The molecule has 1 aromatic heterocycles. The molecule has 1 N–H and O–H groups in total. The van der Waals surface area contributed by atoms with Crippen LogP contribution in [0.3, 0.4) is 0 Å². The number of fused-ring (bicyclic) bond motifs is 1. The van der Waals surface area contributed by atoms with Crippen LogP contribution < -0.4 is 5.32 Å². The van der Waals surface area contributed by atoms with Gasteiger partial charge < -0.3 is 10.2 Å². The van der Waals surface area contributed by atoms with E-state index in [4.69, 9.17) is 0 Å². The Bertz CT molecular complexity index is 706. The number of amides is 1. The highest BCUT2D eigenvalue weighted by atomic mass is 32.1. The number of piperidine rings is 1. The molecular weight excluding hydrogens is 311 g/mol. The highest BCUT2D eigenvalue weighted by Crippen LogP contribution is 2.33. The molecule has 2 heterocycles. The number of aryl methyl sites for hydroxylation is 1. The molecular formula is C18H23FN2OS. The molecule has 0 bridgehead atoms. The van der Waals surface area contributed by atoms with Gasteiger partial charge in [0.05, 0.1) is 4.88 Å². The SMILES string of the molecule is CCCN(C(=O)c1sc2ccc(F)cc2c1C)C1CCNCC1. The number of hydrogen-bond donors (Lipinski definition) is 1. The van der Waals surface area contributed by atoms with E-state index in [0.717, 1.165) is 59.4 Å². The number of hydrogen-bond acceptors (Lipinski definition) is 3. The van der Waals surface area contributed by atoms with Crippen LogP contribution in [0.2, 0.25) is 0 Å². The van der Waals surface area contributed by atoms with Crippen molar-refractivity contribution in [2.45, 2.75) is 39.2 Å². The Hall–Kier alpha value is -1.46. The summed E-state index contributed by atoms with van der Waals surface area (Å²) in [7, 11) is 0. The number of carbonyl (C=O) groups excluding carboxylic acids is 1. The van der Waals surface area contributed by atoms with E-state index in [9.17, 15) is 9.18 Å². The fourth-order valence-corrected chi connectivity index (χ4v) is 4.48. The molecule has 2 aromatic rings. The monoisotopic (exact) mass is 334 g/mol. The van der Waals surface area contributed by atoms with Crippen molar-refractivity contribution in [3.63, 3.8) is 0 Å². The van der Waals surface area contributed by atoms with Crippen molar-refractivity contribution < 1.29 is 9.18 Å². The molecule has 1 amide bonds. The highest BCUT2D eigenvalue weighted by molar-refractivity contribution is 7.21. The van der Waals surface area contributed by atoms with Gasteiger partial charge in [-0.1, -0.05) is 6.92 Å². The molecule has 0 aliphatic carbocycles. The maximum Gasteiger partial charge on any atom is 0.264 e. The first-order valence-corrected chi connectivity index (χ1v) is 9.13. The molecule has 124 valence electrons. The van der Waals surface area contributed by atoms with Crippen LogP contribution in [-0.4, -0.2) is 36.5 Å². The average Bonchev–Trinajstić information content (AvgIpc) is 2.89. The van der Waals surface area contributed by atoms with Gasteiger partial charge in [0.2, 0.25) is 0 Å². The molecule has 1 aliphatic heterocycles. The lowest BCUT2D eigenvalue weighted by Gasteiger charge is -2.34. The van der Waals surface area contributed by atoms with Crippen LogP contribution in [0, 0.1) is 12.7 Å². The number of halogens is 1. The van der Waals surface area contributed by atoms with Gasteiger partial charge in [-0.3, -0.25) is 4.79 Å². The largest absolute Gasteiger partial charge is 0.335 e. The number of rotatable bonds is 4. The van der Waals surface area contributed by atoms with Gasteiger partial charge in [0.25, 0.3) is 5.91 Å². The van der Waals surface area contributed by atoms with Crippen LogP contribution >= 0.6 is 11.3 Å². The minimum Gasteiger partial charge on any atom is -0.335 e. The zero-order valence-corrected chi connectivity index (χ0v) is 14.5. The Morgan fingerprint density at radius 3 is 2.83 bits per heavy atom. The maximum atomic E-state index is 13.5. The van der Waals surface area contributed by atoms with Gasteiger partial charge in [0, 0.05) is 17.3 Å². The van der Waals surface area contributed by atoms with E-state index in [0.29, 0.717) is 6.04 Å². The first kappa shape index (κ1) is 16.4. The Morgan fingerprint density at radius 1 is 1.39 bits per heavy atom. The van der Waals surface area contributed by atoms with Gasteiger partial charge in [-0.2, -0.15) is 0 Å². The standard InChI is InChI=1S/C18H23FN2OS/c1-3-10-21(14-6-8-20-9-7-14)18(22)17-12(2)15-11-13(19)4-5-16(15)23-17/h4-5,11,14,20H,3,6-10H2,1-2H3. The van der Waals surface area contributed by atoms with Crippen molar-refractivity contribution in [3.8, 4) is 0 Å². The van der Waals surface area contributed by atoms with E-state index < -0.39 is 0 Å². The van der Waals surface area contributed by atoms with Gasteiger partial charge >= 0.3 is 0 Å². The molecule has 1 saturated heterocycles. The Morgan fingerprint density at radius 2 is 2.13 bits per heavy atom. The van der Waals surface area contributed by atoms with Crippen molar-refractivity contribution in [1.29, 1.82) is 0 Å². The molecule has 23 heavy (non-hydrogen) atoms. The summed E-state index contributed by atoms with van der Waals surface area (Å²) in [5.74, 6) is -0.140. The third kappa shape index (κ3) is 3.26. The summed E-state index contributed by atoms with van der Waals surface area (Å²) >= 11 is 1.49. The first-order chi connectivity index (χ1) is 11.1. The molecule has 3 nitrogen and oxygen atoms in total. The number of thiophene rings is 1. The lowest BCUT2D eigenvalue weighted by Crippen LogP contribution is -2.46. The van der Waals surface area contributed by atoms with Gasteiger partial charge in [0.15, 0.2) is 0 Å². The molecule has 0 atom stereocenters. The molecule has 1 aliphatic rings. The molecule has 3 rings (SSSR count). The van der Waals surface area contributed by atoms with E-state index in [1.807, 2.05) is 11.8 Å². The van der Waals surface area contributed by atoms with Gasteiger partial charge in [-0.15, -0.1) is 11.3 Å². The van der Waals surface area contributed by atoms with Crippen LogP contribution in [0.25, 0.3) is 10.1 Å². The third-order valence-electron chi connectivity index (χ3n) is 4.57. The zero-order valence-electron chi connectivity index (χ0n) is 13.7. The number of benzene rings is 1. The Kier molecular flexibility index (Phi) is 4.97. The maximum absolute atomic E-state index is 13.5. The number of nitrogens with one attached hydrogen (secondary N) is 1. The molecule has 0 unspecified atom stereocenters. The predicted molar refractivity (Wildman–Crippen MR) is 93.7 cm³/mol. The van der Waals surface area contributed by atoms with Crippen LogP contribution in [-0.2, 0) is 0 Å². The van der Waals surface area contributed by atoms with E-state index >= 15 is 0 Å². The fourth-order valence-electron chi connectivity index (χ4n) is 3.34. The van der Waals surface area contributed by atoms with E-state index in [2.05, 4.69) is 12.2 Å². The minimum atomic E-state index is -0.249. The average molecular weight is 334 g/mol. The summed E-state index contributed by atoms with van der Waals surface area (Å²) in [4.78, 5) is 15.9. The summed E-state index contributed by atoms with van der Waals surface area (Å²) in [6, 6.07) is 5.08. The van der Waals surface area contributed by atoms with Crippen molar-refractivity contribution in [2.75, 3.05) is 19.6 Å². The van der Waals surface area contributed by atoms with Crippen LogP contribution in [0.15, 0.2) is 18.2 Å². The molecule has 1 aromatic carbocycles. The Balaban J connectivity index is 1.94. The second kappa shape index (κ2) is 6.97. The van der Waals surface area contributed by atoms with Crippen LogP contribution in [0.1, 0.15) is 41.4 Å². The second-order valence-electron chi connectivity index (χ2n) is 6.18. The number of nitrogens with zero attached hydrogens (tertiary/aromatic N) is 1. The van der Waals surface area contributed by atoms with Crippen molar-refractivity contribution in [2.24, 2.45) is 0 Å². The molecule has 0 saturated carbocycles. The summed E-state index contributed by atoms with van der Waals surface area (Å²) < 4.78 is 14.5. The highest BCUT2D eigenvalue weighted by Gasteiger charge is 2.28. The molecule has 1 fully saturated rings. The van der Waals surface area contributed by atoms with E-state index in [1.165, 1.54) is 23.5 Å². The van der Waals surface area contributed by atoms with Gasteiger partial charge in [-0.05, 0) is 68.4 Å². The lowest BCUT2D eigenvalue weighted by molar-refractivity contribution is 0.0647. The van der Waals surface area contributed by atoms with Crippen LogP contribution in [0.4, 0.5) is 4.39 Å². The van der Waals surface area contributed by atoms with Crippen LogP contribution in [0.5, 0.6) is 0 Å². The summed E-state index contributed by atoms with van der Waals surface area (Å²) in [6.45, 7) is 6.75. The second-order valence-corrected chi connectivity index (χ2v) is 7.23. The van der Waals surface area contributed by atoms with Crippen molar-refractivity contribution in [3.05, 3.63) is 34.5 Å². The third-order valence-corrected chi connectivity index (χ3v) is 5.83. The quantitative estimate of drug-likeness (QED) is 0.918. The van der Waals surface area contributed by atoms with Crippen molar-refractivity contribution in [1.82, 2.24) is 10.2 Å². The Labute approximate surface area is 140 Å². The van der Waals surface area contributed by atoms with Crippen molar-refractivity contribution >= 4 is 27.3 Å². The first-order valence-electron chi connectivity index (χ1n) is 8.32. The smallest absolute Gasteiger partial charge is 0.264 e. The summed E-state index contributed by atoms with van der Waals surface area (Å²) in [5, 5.41) is 4.21. The predicted octanol–water partition coefficient (Wildman–Crippen LogP) is 3.95. The topological polar surface area (TPSA) is 32.3 Å². The fraction of sp³-hybridized carbons (Fsp3) is 0.500. The minimum absolute atomic E-state index is 0.109. The van der Waals surface area contributed by atoms with Gasteiger partial charge in [-0.25, -0.2) is 4.39 Å². The van der Waals surface area contributed by atoms with Gasteiger partial charge in [0.1, 0.15) is 5.82 Å². The zero-order chi connectivity index (χ0) is 16.4. The summed E-state index contributed by atoms with van der Waals surface area (Å²) in [6.07, 6.45) is 2.96. The molecule has 0 spiro atoms. The lowest BCUT2D eigenvalue weighted by atomic mass is 10.0. The molecule has 0 radical (unpaired) electrons. The van der Waals surface area contributed by atoms with E-state index in [1.54, 1.807) is 6.07 Å². The normalized spacial score (nSPS) is 16.0. The van der Waals surface area contributed by atoms with E-state index in [-0.39, 0.29) is 11.7 Å². The number of carbonyl (C=O) groups is 1. The summed E-state index contributed by atoms with van der Waals surface area (Å²) in [5.41, 5.74) is 0.907.